The number of aliphatic carboxylic acids is 1. The van der Waals surface area contributed by atoms with Gasteiger partial charge in [0.2, 0.25) is 0 Å². The Balaban J connectivity index is 1.77. The second-order valence-electron chi connectivity index (χ2n) is 4.69. The van der Waals surface area contributed by atoms with Crippen molar-refractivity contribution in [2.45, 2.75) is 19.3 Å². The third-order valence-corrected chi connectivity index (χ3v) is 3.26. The maximum atomic E-state index is 10.8. The lowest BCUT2D eigenvalue weighted by Crippen LogP contribution is -2.32. The molecule has 0 spiro atoms. The van der Waals surface area contributed by atoms with E-state index < -0.39 is 5.97 Å². The topological polar surface area (TPSA) is 49.8 Å². The van der Waals surface area contributed by atoms with E-state index >= 15 is 0 Å². The molecule has 2 rings (SSSR count). The molecule has 0 unspecified atom stereocenters. The minimum atomic E-state index is -0.941. The van der Waals surface area contributed by atoms with Crippen LogP contribution in [0.5, 0.6) is 0 Å². The summed E-state index contributed by atoms with van der Waals surface area (Å²) in [5.41, 5.74) is 3.17. The second kappa shape index (κ2) is 6.98. The molecule has 0 aromatic rings. The third-order valence-electron chi connectivity index (χ3n) is 3.26. The molecule has 1 fully saturated rings. The number of rotatable bonds is 5. The largest absolute Gasteiger partial charge is 0.485 e. The van der Waals surface area contributed by atoms with Gasteiger partial charge in [0.15, 0.2) is 5.76 Å². The maximum Gasteiger partial charge on any atom is 0.335 e. The van der Waals surface area contributed by atoms with Crippen LogP contribution >= 0.6 is 0 Å². The average Bonchev–Trinajstić information content (AvgIpc) is 2.66. The van der Waals surface area contributed by atoms with Gasteiger partial charge in [0.05, 0.1) is 5.57 Å². The van der Waals surface area contributed by atoms with E-state index in [-0.39, 0.29) is 5.57 Å². The zero-order valence-corrected chi connectivity index (χ0v) is 11.0. The number of nitrogens with zero attached hydrogens (tertiary/aromatic N) is 1. The highest BCUT2D eigenvalue weighted by Gasteiger charge is 2.10. The molecular formula is C15H19NO3. The van der Waals surface area contributed by atoms with Gasteiger partial charge in [0.1, 0.15) is 6.61 Å². The number of hydrogen-bond donors (Lipinski definition) is 1. The lowest BCUT2D eigenvalue weighted by molar-refractivity contribution is -0.132. The Bertz CT molecular complexity index is 450. The van der Waals surface area contributed by atoms with E-state index in [1.54, 1.807) is 12.2 Å². The van der Waals surface area contributed by atoms with Crippen LogP contribution in [0, 0.1) is 0 Å². The fraction of sp³-hybridized carbons (Fsp3) is 0.467. The third kappa shape index (κ3) is 4.43. The summed E-state index contributed by atoms with van der Waals surface area (Å²) in [5, 5.41) is 8.87. The minimum absolute atomic E-state index is 0.238. The Morgan fingerprint density at radius 3 is 2.84 bits per heavy atom. The van der Waals surface area contributed by atoms with E-state index in [2.05, 4.69) is 10.6 Å². The van der Waals surface area contributed by atoms with Crippen LogP contribution in [-0.2, 0) is 9.53 Å². The average molecular weight is 261 g/mol. The molecule has 0 aromatic carbocycles. The Labute approximate surface area is 113 Å². The Kier molecular flexibility index (Phi) is 5.01. The van der Waals surface area contributed by atoms with E-state index in [1.807, 2.05) is 0 Å². The van der Waals surface area contributed by atoms with Crippen LogP contribution in [-0.4, -0.2) is 42.2 Å². The molecule has 1 heterocycles. The summed E-state index contributed by atoms with van der Waals surface area (Å²) in [6.07, 6.45) is 10.2. The van der Waals surface area contributed by atoms with Crippen LogP contribution in [0.4, 0.5) is 0 Å². The molecule has 2 aliphatic rings. The quantitative estimate of drug-likeness (QED) is 0.770. The van der Waals surface area contributed by atoms with Crippen LogP contribution in [0.3, 0.4) is 0 Å². The minimum Gasteiger partial charge on any atom is -0.485 e. The summed E-state index contributed by atoms with van der Waals surface area (Å²) in [7, 11) is 0. The fourth-order valence-electron chi connectivity index (χ4n) is 2.18. The zero-order valence-electron chi connectivity index (χ0n) is 11.0. The number of carboxylic acids is 1. The Morgan fingerprint density at radius 1 is 1.32 bits per heavy atom. The van der Waals surface area contributed by atoms with Crippen LogP contribution in [0.15, 0.2) is 41.4 Å². The molecule has 102 valence electrons. The molecule has 1 N–H and O–H groups in total. The van der Waals surface area contributed by atoms with Crippen LogP contribution in [0.25, 0.3) is 0 Å². The summed E-state index contributed by atoms with van der Waals surface area (Å²) in [6, 6.07) is 0. The molecule has 4 nitrogen and oxygen atoms in total. The summed E-state index contributed by atoms with van der Waals surface area (Å²) >= 11 is 0. The van der Waals surface area contributed by atoms with Gasteiger partial charge in [-0.1, -0.05) is 12.2 Å². The van der Waals surface area contributed by atoms with Crippen molar-refractivity contribution in [3.8, 4) is 0 Å². The smallest absolute Gasteiger partial charge is 0.335 e. The van der Waals surface area contributed by atoms with Gasteiger partial charge >= 0.3 is 5.97 Å². The number of ether oxygens (including phenoxy) is 1. The van der Waals surface area contributed by atoms with E-state index in [9.17, 15) is 4.79 Å². The molecular weight excluding hydrogens is 242 g/mol. The summed E-state index contributed by atoms with van der Waals surface area (Å²) in [4.78, 5) is 13.2. The van der Waals surface area contributed by atoms with Crippen molar-refractivity contribution in [1.29, 1.82) is 0 Å². The number of likely N-dealkylation sites (tertiary alicyclic amines) is 1. The highest BCUT2D eigenvalue weighted by atomic mass is 16.5. The first-order valence-electron chi connectivity index (χ1n) is 6.69. The number of piperidine rings is 1. The van der Waals surface area contributed by atoms with Crippen LogP contribution in [0.1, 0.15) is 19.3 Å². The molecule has 1 aliphatic carbocycles. The molecule has 0 bridgehead atoms. The van der Waals surface area contributed by atoms with E-state index in [1.165, 1.54) is 31.4 Å². The van der Waals surface area contributed by atoms with Crippen LogP contribution in [0.2, 0.25) is 0 Å². The van der Waals surface area contributed by atoms with Gasteiger partial charge in [-0.2, -0.15) is 0 Å². The molecule has 0 atom stereocenters. The normalized spacial score (nSPS) is 19.6. The standard InChI is InChI=1S/C15H19NO3/c17-15(18)13-5-4-6-14(8-7-13)19-12-11-16-9-2-1-3-10-16/h4-5,7-8H,1-3,9-12H2,(H,17,18). The summed E-state index contributed by atoms with van der Waals surface area (Å²) in [5.74, 6) is -0.353. The zero-order chi connectivity index (χ0) is 13.5. The maximum absolute atomic E-state index is 10.8. The SMILES string of the molecule is O=C(O)C1=CC=C=C(OCCN2CCCCC2)C=C1. The van der Waals surface area contributed by atoms with Gasteiger partial charge in [-0.25, -0.2) is 4.79 Å². The van der Waals surface area contributed by atoms with Crippen molar-refractivity contribution in [2.24, 2.45) is 0 Å². The number of carboxylic acid groups (broad SMARTS) is 1. The Hall–Kier alpha value is -1.77. The molecule has 19 heavy (non-hydrogen) atoms. The number of allylic oxidation sites excluding steroid dienone is 2. The van der Waals surface area contributed by atoms with Crippen molar-refractivity contribution in [2.75, 3.05) is 26.2 Å². The van der Waals surface area contributed by atoms with Gasteiger partial charge in [-0.3, -0.25) is 4.90 Å². The van der Waals surface area contributed by atoms with E-state index in [4.69, 9.17) is 9.84 Å². The number of carbonyl (C=O) groups is 1. The lowest BCUT2D eigenvalue weighted by atomic mass is 10.1. The molecule has 0 radical (unpaired) electrons. The molecule has 0 amide bonds. The summed E-state index contributed by atoms with van der Waals surface area (Å²) in [6.45, 7) is 3.83. The molecule has 0 aromatic heterocycles. The monoisotopic (exact) mass is 261 g/mol. The second-order valence-corrected chi connectivity index (χ2v) is 4.69. The first-order valence-corrected chi connectivity index (χ1v) is 6.69. The molecule has 1 aliphatic heterocycles. The predicted molar refractivity (Wildman–Crippen MR) is 72.7 cm³/mol. The highest BCUT2D eigenvalue weighted by molar-refractivity contribution is 5.90. The highest BCUT2D eigenvalue weighted by Crippen LogP contribution is 2.10. The van der Waals surface area contributed by atoms with Gasteiger partial charge < -0.3 is 9.84 Å². The Morgan fingerprint density at radius 2 is 2.11 bits per heavy atom. The van der Waals surface area contributed by atoms with Gasteiger partial charge in [-0.15, -0.1) is 0 Å². The van der Waals surface area contributed by atoms with Gasteiger partial charge in [0, 0.05) is 6.54 Å². The first kappa shape index (κ1) is 13.7. The summed E-state index contributed by atoms with van der Waals surface area (Å²) < 4.78 is 5.61. The molecule has 1 saturated heterocycles. The van der Waals surface area contributed by atoms with Gasteiger partial charge in [0.25, 0.3) is 0 Å². The van der Waals surface area contributed by atoms with Crippen molar-refractivity contribution in [3.63, 3.8) is 0 Å². The van der Waals surface area contributed by atoms with E-state index in [0.29, 0.717) is 12.4 Å². The van der Waals surface area contributed by atoms with Crippen molar-refractivity contribution in [1.82, 2.24) is 4.90 Å². The number of hydrogen-bond acceptors (Lipinski definition) is 3. The first-order chi connectivity index (χ1) is 9.25. The predicted octanol–water partition coefficient (Wildman–Crippen LogP) is 2.11. The fourth-order valence-corrected chi connectivity index (χ4v) is 2.18. The van der Waals surface area contributed by atoms with Crippen molar-refractivity contribution < 1.29 is 14.6 Å². The van der Waals surface area contributed by atoms with Crippen molar-refractivity contribution in [3.05, 3.63) is 41.4 Å². The lowest BCUT2D eigenvalue weighted by Gasteiger charge is -2.26. The molecule has 0 saturated carbocycles. The van der Waals surface area contributed by atoms with Crippen LogP contribution < -0.4 is 0 Å². The van der Waals surface area contributed by atoms with Gasteiger partial charge in [-0.05, 0) is 50.2 Å². The van der Waals surface area contributed by atoms with Crippen molar-refractivity contribution >= 4 is 5.97 Å². The van der Waals surface area contributed by atoms with E-state index in [0.717, 1.165) is 19.6 Å². The molecule has 4 heteroatoms.